The van der Waals surface area contributed by atoms with Crippen molar-refractivity contribution in [2.75, 3.05) is 12.0 Å². The number of amides is 2. The average Bonchev–Trinajstić information content (AvgIpc) is 3.30. The third kappa shape index (κ3) is 3.34. The minimum atomic E-state index is -0.729. The molecule has 1 N–H and O–H groups in total. The number of rotatable bonds is 4. The van der Waals surface area contributed by atoms with Crippen LogP contribution in [0.3, 0.4) is 0 Å². The molecule has 29 heavy (non-hydrogen) atoms. The molecule has 3 aromatic rings. The number of thiocarbonyl (C=S) groups is 1. The van der Waals surface area contributed by atoms with E-state index in [1.54, 1.807) is 36.5 Å². The number of nitrogens with zero attached hydrogens (tertiary/aromatic N) is 4. The Labute approximate surface area is 169 Å². The van der Waals surface area contributed by atoms with Crippen molar-refractivity contribution < 1.29 is 18.7 Å². The summed E-state index contributed by atoms with van der Waals surface area (Å²) < 4.78 is 21.0. The number of ether oxygens (including phenoxy) is 1. The summed E-state index contributed by atoms with van der Waals surface area (Å²) in [7, 11) is 1.45. The summed E-state index contributed by atoms with van der Waals surface area (Å²) in [5.41, 5.74) is 1.34. The minimum Gasteiger partial charge on any atom is -0.474 e. The van der Waals surface area contributed by atoms with Crippen molar-refractivity contribution in [3.05, 3.63) is 71.3 Å². The second-order valence-corrected chi connectivity index (χ2v) is 6.50. The second kappa shape index (κ2) is 7.40. The lowest BCUT2D eigenvalue weighted by Gasteiger charge is -2.15. The lowest BCUT2D eigenvalue weighted by Crippen LogP contribution is -2.30. The van der Waals surface area contributed by atoms with Gasteiger partial charge in [-0.1, -0.05) is 17.3 Å². The SMILES string of the molecule is COC(=S)NCc1cn(-c2ccc(N3C(=O)c4ccccc4C3=O)c(F)c2)nn1. The van der Waals surface area contributed by atoms with E-state index in [0.29, 0.717) is 17.9 Å². The van der Waals surface area contributed by atoms with E-state index in [0.717, 1.165) is 4.90 Å². The van der Waals surface area contributed by atoms with Crippen molar-refractivity contribution in [3.8, 4) is 5.69 Å². The standard InChI is InChI=1S/C19H14FN5O3S/c1-28-19(29)21-9-11-10-24(23-22-11)12-6-7-16(15(20)8-12)25-17(26)13-4-2-3-5-14(13)18(25)27/h2-8,10H,9H2,1H3,(H,21,29). The predicted molar refractivity (Wildman–Crippen MR) is 105 cm³/mol. The summed E-state index contributed by atoms with van der Waals surface area (Å²) in [6.45, 7) is 0.294. The smallest absolute Gasteiger partial charge is 0.266 e. The maximum absolute atomic E-state index is 14.8. The summed E-state index contributed by atoms with van der Waals surface area (Å²) in [6, 6.07) is 10.5. The van der Waals surface area contributed by atoms with Crippen molar-refractivity contribution in [2.45, 2.75) is 6.54 Å². The first-order valence-electron chi connectivity index (χ1n) is 8.50. The molecule has 0 bridgehead atoms. The molecule has 0 saturated carbocycles. The maximum Gasteiger partial charge on any atom is 0.266 e. The number of benzene rings is 2. The van der Waals surface area contributed by atoms with Gasteiger partial charge in [0.15, 0.2) is 0 Å². The fraction of sp³-hybridized carbons (Fsp3) is 0.105. The number of hydrogen-bond acceptors (Lipinski definition) is 6. The molecule has 0 radical (unpaired) electrons. The Morgan fingerprint density at radius 3 is 2.48 bits per heavy atom. The zero-order valence-corrected chi connectivity index (χ0v) is 15.9. The molecule has 2 aromatic carbocycles. The van der Waals surface area contributed by atoms with E-state index in [2.05, 4.69) is 15.6 Å². The third-order valence-electron chi connectivity index (χ3n) is 4.37. The summed E-state index contributed by atoms with van der Waals surface area (Å²) in [5, 5.41) is 11.0. The van der Waals surface area contributed by atoms with Crippen molar-refractivity contribution in [2.24, 2.45) is 0 Å². The van der Waals surface area contributed by atoms with Gasteiger partial charge in [-0.3, -0.25) is 9.59 Å². The Bertz CT molecular complexity index is 1110. The second-order valence-electron chi connectivity index (χ2n) is 6.13. The van der Waals surface area contributed by atoms with Gasteiger partial charge in [0.1, 0.15) is 11.5 Å². The monoisotopic (exact) mass is 411 g/mol. The fourth-order valence-corrected chi connectivity index (χ4v) is 3.04. The van der Waals surface area contributed by atoms with E-state index < -0.39 is 17.6 Å². The van der Waals surface area contributed by atoms with Crippen LogP contribution in [-0.2, 0) is 11.3 Å². The van der Waals surface area contributed by atoms with Gasteiger partial charge in [0.2, 0.25) is 0 Å². The maximum atomic E-state index is 14.8. The first-order chi connectivity index (χ1) is 14.0. The van der Waals surface area contributed by atoms with Crippen molar-refractivity contribution >= 4 is 34.9 Å². The largest absolute Gasteiger partial charge is 0.474 e. The van der Waals surface area contributed by atoms with Gasteiger partial charge in [0, 0.05) is 6.07 Å². The first kappa shape index (κ1) is 18.7. The third-order valence-corrected chi connectivity index (χ3v) is 4.68. The molecule has 10 heteroatoms. The highest BCUT2D eigenvalue weighted by Gasteiger charge is 2.37. The number of halogens is 1. The topological polar surface area (TPSA) is 89.4 Å². The van der Waals surface area contributed by atoms with Crippen LogP contribution >= 0.6 is 12.2 Å². The van der Waals surface area contributed by atoms with Crippen molar-refractivity contribution in [1.29, 1.82) is 0 Å². The van der Waals surface area contributed by atoms with Gasteiger partial charge in [-0.25, -0.2) is 14.0 Å². The van der Waals surface area contributed by atoms with E-state index in [-0.39, 0.29) is 22.0 Å². The highest BCUT2D eigenvalue weighted by Crippen LogP contribution is 2.31. The van der Waals surface area contributed by atoms with Crippen LogP contribution in [0, 0.1) is 5.82 Å². The molecule has 0 saturated heterocycles. The number of methoxy groups -OCH3 is 1. The molecule has 8 nitrogen and oxygen atoms in total. The van der Waals surface area contributed by atoms with Gasteiger partial charge < -0.3 is 10.1 Å². The van der Waals surface area contributed by atoms with Crippen LogP contribution in [0.5, 0.6) is 0 Å². The molecular weight excluding hydrogens is 397 g/mol. The Balaban J connectivity index is 1.58. The van der Waals surface area contributed by atoms with Crippen LogP contribution in [-0.4, -0.2) is 39.1 Å². The highest BCUT2D eigenvalue weighted by molar-refractivity contribution is 7.80. The Hall–Kier alpha value is -3.66. The molecule has 0 fully saturated rings. The van der Waals surface area contributed by atoms with Gasteiger partial charge in [-0.15, -0.1) is 5.10 Å². The van der Waals surface area contributed by atoms with Gasteiger partial charge >= 0.3 is 0 Å². The van der Waals surface area contributed by atoms with Crippen LogP contribution in [0.15, 0.2) is 48.7 Å². The molecule has 0 spiro atoms. The molecule has 2 heterocycles. The van der Waals surface area contributed by atoms with E-state index in [9.17, 15) is 14.0 Å². The van der Waals surface area contributed by atoms with E-state index >= 15 is 0 Å². The number of anilines is 1. The molecule has 4 rings (SSSR count). The lowest BCUT2D eigenvalue weighted by molar-refractivity contribution is 0.0925. The molecule has 1 aromatic heterocycles. The Kier molecular flexibility index (Phi) is 4.77. The predicted octanol–water partition coefficient (Wildman–Crippen LogP) is 2.23. The number of aromatic nitrogens is 3. The quantitative estimate of drug-likeness (QED) is 0.520. The fourth-order valence-electron chi connectivity index (χ4n) is 2.97. The molecule has 0 aliphatic carbocycles. The summed E-state index contributed by atoms with van der Waals surface area (Å²) in [5.74, 6) is -1.84. The van der Waals surface area contributed by atoms with E-state index in [1.165, 1.54) is 23.9 Å². The van der Waals surface area contributed by atoms with Crippen LogP contribution in [0.1, 0.15) is 26.4 Å². The average molecular weight is 411 g/mol. The molecular formula is C19H14FN5O3S. The molecule has 146 valence electrons. The van der Waals surface area contributed by atoms with E-state index in [4.69, 9.17) is 17.0 Å². The molecule has 0 atom stereocenters. The zero-order valence-electron chi connectivity index (χ0n) is 15.1. The normalized spacial score (nSPS) is 12.8. The summed E-state index contributed by atoms with van der Waals surface area (Å²) in [4.78, 5) is 25.9. The van der Waals surface area contributed by atoms with Crippen LogP contribution in [0.2, 0.25) is 0 Å². The Morgan fingerprint density at radius 2 is 1.86 bits per heavy atom. The number of hydrogen-bond donors (Lipinski definition) is 1. The number of carbonyl (C=O) groups is 2. The van der Waals surface area contributed by atoms with Gasteiger partial charge in [0.05, 0.1) is 42.4 Å². The Morgan fingerprint density at radius 1 is 1.17 bits per heavy atom. The molecule has 2 amide bonds. The van der Waals surface area contributed by atoms with E-state index in [1.807, 2.05) is 0 Å². The van der Waals surface area contributed by atoms with Gasteiger partial charge in [-0.05, 0) is 36.5 Å². The van der Waals surface area contributed by atoms with Crippen molar-refractivity contribution in [1.82, 2.24) is 20.3 Å². The van der Waals surface area contributed by atoms with Crippen LogP contribution in [0.4, 0.5) is 10.1 Å². The van der Waals surface area contributed by atoms with Gasteiger partial charge in [0.25, 0.3) is 17.0 Å². The van der Waals surface area contributed by atoms with Crippen LogP contribution in [0.25, 0.3) is 5.69 Å². The number of carbonyl (C=O) groups excluding carboxylic acids is 2. The molecule has 1 aliphatic heterocycles. The minimum absolute atomic E-state index is 0.118. The molecule has 0 unspecified atom stereocenters. The number of nitrogens with one attached hydrogen (secondary N) is 1. The van der Waals surface area contributed by atoms with Crippen molar-refractivity contribution in [3.63, 3.8) is 0 Å². The highest BCUT2D eigenvalue weighted by atomic mass is 32.1. The lowest BCUT2D eigenvalue weighted by atomic mass is 10.1. The zero-order chi connectivity index (χ0) is 20.5. The molecule has 1 aliphatic rings. The summed E-state index contributed by atoms with van der Waals surface area (Å²) in [6.07, 6.45) is 1.60. The number of imide groups is 1. The van der Waals surface area contributed by atoms with Crippen LogP contribution < -0.4 is 10.2 Å². The number of fused-ring (bicyclic) bond motifs is 1. The summed E-state index contributed by atoms with van der Waals surface area (Å²) >= 11 is 4.89. The van der Waals surface area contributed by atoms with Gasteiger partial charge in [-0.2, -0.15) is 0 Å². The first-order valence-corrected chi connectivity index (χ1v) is 8.91.